The van der Waals surface area contributed by atoms with Gasteiger partial charge in [-0.1, -0.05) is 31.4 Å². The van der Waals surface area contributed by atoms with Crippen LogP contribution in [-0.2, 0) is 0 Å². The molecule has 3 rings (SSSR count). The van der Waals surface area contributed by atoms with Crippen LogP contribution in [0.3, 0.4) is 0 Å². The summed E-state index contributed by atoms with van der Waals surface area (Å²) in [6.07, 6.45) is 8.36. The van der Waals surface area contributed by atoms with Gasteiger partial charge in [0.2, 0.25) is 0 Å². The van der Waals surface area contributed by atoms with Crippen LogP contribution >= 0.6 is 12.4 Å². The molecular formula is C19H29ClN2O2. The minimum absolute atomic E-state index is 0. The third-order valence-corrected chi connectivity index (χ3v) is 5.18. The number of carbonyl (C=O) groups excluding carboxylic acids is 1. The van der Waals surface area contributed by atoms with Crippen LogP contribution in [0.15, 0.2) is 24.3 Å². The van der Waals surface area contributed by atoms with Gasteiger partial charge in [-0.3, -0.25) is 4.79 Å². The first-order valence-electron chi connectivity index (χ1n) is 9.00. The summed E-state index contributed by atoms with van der Waals surface area (Å²) in [6, 6.07) is 7.58. The van der Waals surface area contributed by atoms with Crippen LogP contribution in [0.1, 0.15) is 55.3 Å². The standard InChI is InChI=1S/C19H28N2O2.ClH/c22-18-16-8-3-4-9-17(16)23-13-6-2-1-5-10-19(15-21-18)11-7-12-20-14-19;/h3-4,8-9,20H,1-2,5-7,10-15H2,(H,21,22);1H. The molecule has 24 heavy (non-hydrogen) atoms. The molecule has 2 aliphatic rings. The molecule has 4 nitrogen and oxygen atoms in total. The summed E-state index contributed by atoms with van der Waals surface area (Å²) in [6.45, 7) is 3.57. The highest BCUT2D eigenvalue weighted by molar-refractivity contribution is 5.96. The molecule has 1 spiro atoms. The van der Waals surface area contributed by atoms with E-state index in [0.29, 0.717) is 17.9 Å². The van der Waals surface area contributed by atoms with Gasteiger partial charge >= 0.3 is 0 Å². The summed E-state index contributed by atoms with van der Waals surface area (Å²) in [5.41, 5.74) is 0.878. The topological polar surface area (TPSA) is 50.4 Å². The maximum absolute atomic E-state index is 12.6. The zero-order valence-electron chi connectivity index (χ0n) is 14.3. The van der Waals surface area contributed by atoms with Crippen molar-refractivity contribution in [2.45, 2.75) is 44.9 Å². The Balaban J connectivity index is 0.00000208. The van der Waals surface area contributed by atoms with E-state index in [-0.39, 0.29) is 23.7 Å². The van der Waals surface area contributed by atoms with Gasteiger partial charge in [0.05, 0.1) is 12.2 Å². The Bertz CT molecular complexity index is 530. The van der Waals surface area contributed by atoms with Gasteiger partial charge in [0.1, 0.15) is 5.75 Å². The second kappa shape index (κ2) is 9.28. The van der Waals surface area contributed by atoms with E-state index in [1.165, 1.54) is 38.5 Å². The van der Waals surface area contributed by atoms with Crippen molar-refractivity contribution in [3.8, 4) is 5.75 Å². The lowest BCUT2D eigenvalue weighted by Gasteiger charge is -2.38. The van der Waals surface area contributed by atoms with Gasteiger partial charge in [-0.15, -0.1) is 12.4 Å². The molecule has 2 N–H and O–H groups in total. The van der Waals surface area contributed by atoms with Crippen molar-refractivity contribution in [2.75, 3.05) is 26.2 Å². The molecule has 1 amide bonds. The number of piperidine rings is 1. The Morgan fingerprint density at radius 2 is 1.75 bits per heavy atom. The molecule has 0 radical (unpaired) electrons. The van der Waals surface area contributed by atoms with Crippen LogP contribution in [0.2, 0.25) is 0 Å². The van der Waals surface area contributed by atoms with E-state index < -0.39 is 0 Å². The first kappa shape index (κ1) is 19.1. The van der Waals surface area contributed by atoms with E-state index in [4.69, 9.17) is 4.74 Å². The average Bonchev–Trinajstić information content (AvgIpc) is 2.61. The van der Waals surface area contributed by atoms with Crippen molar-refractivity contribution in [1.82, 2.24) is 10.6 Å². The Morgan fingerprint density at radius 3 is 2.58 bits per heavy atom. The van der Waals surface area contributed by atoms with Crippen LogP contribution in [0.5, 0.6) is 5.75 Å². The van der Waals surface area contributed by atoms with Crippen molar-refractivity contribution >= 4 is 18.3 Å². The van der Waals surface area contributed by atoms with Gasteiger partial charge in [-0.2, -0.15) is 0 Å². The highest BCUT2D eigenvalue weighted by Crippen LogP contribution is 2.32. The van der Waals surface area contributed by atoms with Gasteiger partial charge in [-0.05, 0) is 44.4 Å². The SMILES string of the molecule is Cl.O=C1NCC2(CCCCCCOc3ccccc31)CCCNC2. The smallest absolute Gasteiger partial charge is 0.255 e. The van der Waals surface area contributed by atoms with E-state index >= 15 is 0 Å². The molecule has 0 aromatic heterocycles. The molecule has 2 aliphatic heterocycles. The fraction of sp³-hybridized carbons (Fsp3) is 0.632. The zero-order chi connectivity index (χ0) is 16.0. The number of hydrogen-bond donors (Lipinski definition) is 2. The number of carbonyl (C=O) groups is 1. The summed E-state index contributed by atoms with van der Waals surface area (Å²) < 4.78 is 5.84. The molecule has 2 heterocycles. The quantitative estimate of drug-likeness (QED) is 0.750. The van der Waals surface area contributed by atoms with Gasteiger partial charge in [0, 0.05) is 18.5 Å². The maximum Gasteiger partial charge on any atom is 0.255 e. The van der Waals surface area contributed by atoms with Gasteiger partial charge < -0.3 is 15.4 Å². The summed E-state index contributed by atoms with van der Waals surface area (Å²) >= 11 is 0. The number of para-hydroxylation sites is 1. The molecular weight excluding hydrogens is 324 g/mol. The van der Waals surface area contributed by atoms with Crippen molar-refractivity contribution in [2.24, 2.45) is 5.41 Å². The molecule has 1 atom stereocenters. The summed E-state index contributed by atoms with van der Waals surface area (Å²) in [5, 5.41) is 6.71. The fourth-order valence-corrected chi connectivity index (χ4v) is 3.76. The third-order valence-electron chi connectivity index (χ3n) is 5.18. The van der Waals surface area contributed by atoms with E-state index in [0.717, 1.165) is 26.1 Å². The Morgan fingerprint density at radius 1 is 0.958 bits per heavy atom. The third kappa shape index (κ3) is 4.87. The fourth-order valence-electron chi connectivity index (χ4n) is 3.76. The molecule has 0 bridgehead atoms. The molecule has 1 saturated heterocycles. The molecule has 1 fully saturated rings. The van der Waals surface area contributed by atoms with Crippen molar-refractivity contribution in [3.63, 3.8) is 0 Å². The minimum Gasteiger partial charge on any atom is -0.493 e. The second-order valence-corrected chi connectivity index (χ2v) is 6.97. The number of ether oxygens (including phenoxy) is 1. The summed E-state index contributed by atoms with van der Waals surface area (Å²) in [5.74, 6) is 0.699. The summed E-state index contributed by atoms with van der Waals surface area (Å²) in [7, 11) is 0. The van der Waals surface area contributed by atoms with Crippen LogP contribution < -0.4 is 15.4 Å². The van der Waals surface area contributed by atoms with Crippen LogP contribution in [0.4, 0.5) is 0 Å². The van der Waals surface area contributed by atoms with Crippen LogP contribution in [0, 0.1) is 5.41 Å². The van der Waals surface area contributed by atoms with Crippen molar-refractivity contribution in [3.05, 3.63) is 29.8 Å². The van der Waals surface area contributed by atoms with Gasteiger partial charge in [0.25, 0.3) is 5.91 Å². The number of hydrogen-bond acceptors (Lipinski definition) is 3. The predicted octanol–water partition coefficient (Wildman–Crippen LogP) is 3.55. The molecule has 134 valence electrons. The Labute approximate surface area is 151 Å². The zero-order valence-corrected chi connectivity index (χ0v) is 15.1. The Hall–Kier alpha value is -1.26. The summed E-state index contributed by atoms with van der Waals surface area (Å²) in [4.78, 5) is 12.6. The number of fused-ring (bicyclic) bond motifs is 1. The largest absolute Gasteiger partial charge is 0.493 e. The lowest BCUT2D eigenvalue weighted by molar-refractivity contribution is 0.0906. The number of halogens is 1. The molecule has 1 aromatic rings. The van der Waals surface area contributed by atoms with E-state index in [1.807, 2.05) is 24.3 Å². The maximum atomic E-state index is 12.6. The molecule has 1 aromatic carbocycles. The molecule has 0 saturated carbocycles. The normalized spacial score (nSPS) is 25.8. The highest BCUT2D eigenvalue weighted by Gasteiger charge is 2.32. The first-order chi connectivity index (χ1) is 11.3. The van der Waals surface area contributed by atoms with Gasteiger partial charge in [0.15, 0.2) is 0 Å². The van der Waals surface area contributed by atoms with E-state index in [9.17, 15) is 4.79 Å². The van der Waals surface area contributed by atoms with E-state index in [1.54, 1.807) is 0 Å². The molecule has 5 heteroatoms. The lowest BCUT2D eigenvalue weighted by Crippen LogP contribution is -2.47. The Kier molecular flexibility index (Phi) is 7.38. The van der Waals surface area contributed by atoms with Crippen LogP contribution in [-0.4, -0.2) is 32.1 Å². The second-order valence-electron chi connectivity index (χ2n) is 6.97. The minimum atomic E-state index is -0.00945. The lowest BCUT2D eigenvalue weighted by atomic mass is 9.76. The van der Waals surface area contributed by atoms with Crippen molar-refractivity contribution in [1.29, 1.82) is 0 Å². The highest BCUT2D eigenvalue weighted by atomic mass is 35.5. The van der Waals surface area contributed by atoms with Crippen LogP contribution in [0.25, 0.3) is 0 Å². The number of amides is 1. The number of nitrogens with one attached hydrogen (secondary N) is 2. The predicted molar refractivity (Wildman–Crippen MR) is 99.1 cm³/mol. The number of benzene rings is 1. The van der Waals surface area contributed by atoms with Crippen molar-refractivity contribution < 1.29 is 9.53 Å². The number of rotatable bonds is 0. The molecule has 1 unspecified atom stereocenters. The molecule has 0 aliphatic carbocycles. The van der Waals surface area contributed by atoms with Gasteiger partial charge in [-0.25, -0.2) is 0 Å². The first-order valence-corrected chi connectivity index (χ1v) is 9.00. The van der Waals surface area contributed by atoms with E-state index in [2.05, 4.69) is 10.6 Å². The average molecular weight is 353 g/mol. The monoisotopic (exact) mass is 352 g/mol.